The summed E-state index contributed by atoms with van der Waals surface area (Å²) in [5, 5.41) is 9.68. The Morgan fingerprint density at radius 3 is 2.58 bits per heavy atom. The van der Waals surface area contributed by atoms with Crippen molar-refractivity contribution in [2.24, 2.45) is 0 Å². The number of hydrogen-bond acceptors (Lipinski definition) is 4. The molecule has 2 aromatic rings. The standard InChI is InChI=1S/C23H26ClFN2O4/c1-15-13-26(9-10-27(15)22(28)11-17-3-6-20(25)7-4-17)14-18-12-19(24)5-8-21(18)31-16(2)23(29)30/h3-8,12,15-16H,9-11,13-14H2,1-2H3,(H,29,30)/t15-,16-/m0/s1. The fraction of sp³-hybridized carbons (Fsp3) is 0.391. The van der Waals surface area contributed by atoms with Crippen LogP contribution in [0, 0.1) is 5.82 Å². The number of amides is 1. The first-order chi connectivity index (χ1) is 14.7. The zero-order chi connectivity index (χ0) is 22.5. The van der Waals surface area contributed by atoms with Gasteiger partial charge in [0.05, 0.1) is 6.42 Å². The average Bonchev–Trinajstić information content (AvgIpc) is 2.71. The fourth-order valence-corrected chi connectivity index (χ4v) is 3.89. The molecule has 1 aliphatic rings. The van der Waals surface area contributed by atoms with E-state index in [9.17, 15) is 14.0 Å². The number of carbonyl (C=O) groups excluding carboxylic acids is 1. The van der Waals surface area contributed by atoms with Crippen LogP contribution in [0.2, 0.25) is 5.02 Å². The molecule has 0 radical (unpaired) electrons. The topological polar surface area (TPSA) is 70.1 Å². The highest BCUT2D eigenvalue weighted by Gasteiger charge is 2.28. The van der Waals surface area contributed by atoms with Crippen molar-refractivity contribution in [3.63, 3.8) is 0 Å². The van der Waals surface area contributed by atoms with Gasteiger partial charge in [0.15, 0.2) is 6.10 Å². The number of halogens is 2. The highest BCUT2D eigenvalue weighted by atomic mass is 35.5. The van der Waals surface area contributed by atoms with Crippen molar-refractivity contribution in [1.82, 2.24) is 9.80 Å². The smallest absolute Gasteiger partial charge is 0.344 e. The second-order valence-electron chi connectivity index (χ2n) is 7.82. The van der Waals surface area contributed by atoms with Crippen LogP contribution in [0.3, 0.4) is 0 Å². The van der Waals surface area contributed by atoms with Crippen LogP contribution in [-0.2, 0) is 22.6 Å². The van der Waals surface area contributed by atoms with Gasteiger partial charge < -0.3 is 14.7 Å². The van der Waals surface area contributed by atoms with Gasteiger partial charge >= 0.3 is 5.97 Å². The Morgan fingerprint density at radius 2 is 1.94 bits per heavy atom. The molecule has 3 rings (SSSR count). The highest BCUT2D eigenvalue weighted by molar-refractivity contribution is 6.30. The minimum atomic E-state index is -1.04. The lowest BCUT2D eigenvalue weighted by atomic mass is 10.1. The number of benzene rings is 2. The molecule has 0 saturated carbocycles. The van der Waals surface area contributed by atoms with Crippen molar-refractivity contribution < 1.29 is 23.8 Å². The summed E-state index contributed by atoms with van der Waals surface area (Å²) >= 11 is 6.15. The number of aliphatic carboxylic acids is 1. The number of piperazine rings is 1. The Labute approximate surface area is 186 Å². The van der Waals surface area contributed by atoms with E-state index in [4.69, 9.17) is 21.4 Å². The van der Waals surface area contributed by atoms with Gasteiger partial charge in [-0.15, -0.1) is 0 Å². The van der Waals surface area contributed by atoms with Gasteiger partial charge in [-0.25, -0.2) is 9.18 Å². The molecule has 31 heavy (non-hydrogen) atoms. The van der Waals surface area contributed by atoms with Crippen LogP contribution in [-0.4, -0.2) is 58.6 Å². The predicted molar refractivity (Wildman–Crippen MR) is 116 cm³/mol. The summed E-state index contributed by atoms with van der Waals surface area (Å²) in [5.74, 6) is -0.856. The monoisotopic (exact) mass is 448 g/mol. The molecule has 0 spiro atoms. The SMILES string of the molecule is C[C@H](Oc1ccc(Cl)cc1CN1CCN(C(=O)Cc2ccc(F)cc2)[C@@H](C)C1)C(=O)O. The third-order valence-corrected chi connectivity index (χ3v) is 5.60. The van der Waals surface area contributed by atoms with E-state index in [1.807, 2.05) is 11.8 Å². The van der Waals surface area contributed by atoms with Crippen LogP contribution in [0.15, 0.2) is 42.5 Å². The van der Waals surface area contributed by atoms with E-state index in [1.54, 1.807) is 30.3 Å². The predicted octanol–water partition coefficient (Wildman–Crippen LogP) is 3.61. The maximum absolute atomic E-state index is 13.1. The molecule has 0 unspecified atom stereocenters. The first-order valence-corrected chi connectivity index (χ1v) is 10.5. The van der Waals surface area contributed by atoms with Crippen LogP contribution >= 0.6 is 11.6 Å². The Kier molecular flexibility index (Phi) is 7.51. The molecule has 166 valence electrons. The summed E-state index contributed by atoms with van der Waals surface area (Å²) in [5.41, 5.74) is 1.59. The molecule has 0 aliphatic carbocycles. The van der Waals surface area contributed by atoms with Gasteiger partial charge in [-0.05, 0) is 49.7 Å². The van der Waals surface area contributed by atoms with Crippen molar-refractivity contribution in [2.45, 2.75) is 39.0 Å². The van der Waals surface area contributed by atoms with Gasteiger partial charge in [-0.1, -0.05) is 23.7 Å². The van der Waals surface area contributed by atoms with E-state index in [-0.39, 0.29) is 24.2 Å². The van der Waals surface area contributed by atoms with E-state index < -0.39 is 12.1 Å². The van der Waals surface area contributed by atoms with Gasteiger partial charge in [0.1, 0.15) is 11.6 Å². The Bertz CT molecular complexity index is 938. The third kappa shape index (κ3) is 6.18. The number of carboxylic acid groups (broad SMARTS) is 1. The molecule has 1 heterocycles. The van der Waals surface area contributed by atoms with Crippen molar-refractivity contribution in [3.8, 4) is 5.75 Å². The van der Waals surface area contributed by atoms with E-state index in [1.165, 1.54) is 19.1 Å². The van der Waals surface area contributed by atoms with E-state index >= 15 is 0 Å². The number of ether oxygens (including phenoxy) is 1. The van der Waals surface area contributed by atoms with Crippen LogP contribution in [0.1, 0.15) is 25.0 Å². The Hall–Kier alpha value is -2.64. The summed E-state index contributed by atoms with van der Waals surface area (Å²) in [6.45, 7) is 5.91. The highest BCUT2D eigenvalue weighted by Crippen LogP contribution is 2.26. The molecular weight excluding hydrogens is 423 g/mol. The summed E-state index contributed by atoms with van der Waals surface area (Å²) in [6.07, 6.45) is -0.732. The van der Waals surface area contributed by atoms with E-state index in [2.05, 4.69) is 4.90 Å². The molecule has 6 nitrogen and oxygen atoms in total. The minimum absolute atomic E-state index is 0.00296. The molecule has 1 fully saturated rings. The zero-order valence-corrected chi connectivity index (χ0v) is 18.3. The minimum Gasteiger partial charge on any atom is -0.479 e. The largest absolute Gasteiger partial charge is 0.479 e. The van der Waals surface area contributed by atoms with Crippen LogP contribution < -0.4 is 4.74 Å². The first-order valence-electron chi connectivity index (χ1n) is 10.2. The normalized spacial score (nSPS) is 17.9. The van der Waals surface area contributed by atoms with Crippen LogP contribution in [0.5, 0.6) is 5.75 Å². The lowest BCUT2D eigenvalue weighted by Crippen LogP contribution is -2.54. The summed E-state index contributed by atoms with van der Waals surface area (Å²) in [7, 11) is 0. The van der Waals surface area contributed by atoms with Gasteiger partial charge in [0.25, 0.3) is 0 Å². The zero-order valence-electron chi connectivity index (χ0n) is 17.6. The van der Waals surface area contributed by atoms with Gasteiger partial charge in [0, 0.05) is 42.8 Å². The third-order valence-electron chi connectivity index (χ3n) is 5.37. The van der Waals surface area contributed by atoms with Gasteiger partial charge in [0.2, 0.25) is 5.91 Å². The van der Waals surface area contributed by atoms with E-state index in [0.29, 0.717) is 37.0 Å². The molecule has 2 aromatic carbocycles. The first kappa shape index (κ1) is 23.0. The maximum Gasteiger partial charge on any atom is 0.344 e. The summed E-state index contributed by atoms with van der Waals surface area (Å²) < 4.78 is 18.7. The molecule has 1 N–H and O–H groups in total. The van der Waals surface area contributed by atoms with Crippen LogP contribution in [0.25, 0.3) is 0 Å². The lowest BCUT2D eigenvalue weighted by Gasteiger charge is -2.40. The van der Waals surface area contributed by atoms with Crippen molar-refractivity contribution in [3.05, 3.63) is 64.4 Å². The lowest BCUT2D eigenvalue weighted by molar-refractivity contribution is -0.144. The molecule has 2 atom stereocenters. The second-order valence-corrected chi connectivity index (χ2v) is 8.26. The second kappa shape index (κ2) is 10.1. The molecule has 1 saturated heterocycles. The van der Waals surface area contributed by atoms with Gasteiger partial charge in [-0.2, -0.15) is 0 Å². The quantitative estimate of drug-likeness (QED) is 0.700. The van der Waals surface area contributed by atoms with E-state index in [0.717, 1.165) is 11.1 Å². The van der Waals surface area contributed by atoms with Crippen molar-refractivity contribution >= 4 is 23.5 Å². The van der Waals surface area contributed by atoms with Crippen LogP contribution in [0.4, 0.5) is 4.39 Å². The summed E-state index contributed by atoms with van der Waals surface area (Å²) in [6, 6.07) is 11.1. The molecule has 0 bridgehead atoms. The Morgan fingerprint density at radius 1 is 1.23 bits per heavy atom. The molecule has 1 amide bonds. The number of rotatable bonds is 7. The molecule has 1 aliphatic heterocycles. The Balaban J connectivity index is 1.62. The van der Waals surface area contributed by atoms with Gasteiger partial charge in [-0.3, -0.25) is 9.69 Å². The number of hydrogen-bond donors (Lipinski definition) is 1. The fourth-order valence-electron chi connectivity index (χ4n) is 3.69. The summed E-state index contributed by atoms with van der Waals surface area (Å²) in [4.78, 5) is 27.9. The molecular formula is C23H26ClFN2O4. The average molecular weight is 449 g/mol. The van der Waals surface area contributed by atoms with Crippen molar-refractivity contribution in [2.75, 3.05) is 19.6 Å². The number of carbonyl (C=O) groups is 2. The van der Waals surface area contributed by atoms with Crippen molar-refractivity contribution in [1.29, 1.82) is 0 Å². The maximum atomic E-state index is 13.1. The molecule has 0 aromatic heterocycles. The molecule has 8 heteroatoms. The number of nitrogens with zero attached hydrogens (tertiary/aromatic N) is 2. The number of carboxylic acids is 1.